The van der Waals surface area contributed by atoms with Gasteiger partial charge in [-0.1, -0.05) is 30.3 Å². The van der Waals surface area contributed by atoms with Crippen molar-refractivity contribution in [1.82, 2.24) is 9.80 Å². The van der Waals surface area contributed by atoms with Crippen LogP contribution in [0.3, 0.4) is 0 Å². The third-order valence-electron chi connectivity index (χ3n) is 6.74. The van der Waals surface area contributed by atoms with Gasteiger partial charge in [-0.05, 0) is 54.7 Å². The minimum atomic E-state index is 0.107. The smallest absolute Gasteiger partial charge is 0.219 e. The number of allylic oxidation sites excluding steroid dienone is 2. The van der Waals surface area contributed by atoms with E-state index in [0.29, 0.717) is 12.0 Å². The van der Waals surface area contributed by atoms with Crippen LogP contribution in [-0.2, 0) is 4.79 Å². The molecule has 1 amide bonds. The van der Waals surface area contributed by atoms with Gasteiger partial charge in [0.2, 0.25) is 5.91 Å². The molecule has 2 aliphatic carbocycles. The van der Waals surface area contributed by atoms with Gasteiger partial charge in [0.1, 0.15) is 0 Å². The molecule has 1 saturated carbocycles. The number of hydrogen-bond donors (Lipinski definition) is 1. The molecule has 3 aliphatic rings. The Bertz CT molecular complexity index is 708. The van der Waals surface area contributed by atoms with E-state index in [1.165, 1.54) is 48.8 Å². The lowest BCUT2D eigenvalue weighted by molar-refractivity contribution is -0.131. The Morgan fingerprint density at radius 3 is 2.52 bits per heavy atom. The molecule has 27 heavy (non-hydrogen) atoms. The van der Waals surface area contributed by atoms with Gasteiger partial charge in [0.05, 0.1) is 6.61 Å². The molecule has 3 atom stereocenters. The maximum atomic E-state index is 11.8. The third kappa shape index (κ3) is 3.83. The minimum absolute atomic E-state index is 0.107. The van der Waals surface area contributed by atoms with E-state index in [4.69, 9.17) is 0 Å². The van der Waals surface area contributed by atoms with Crippen LogP contribution >= 0.6 is 0 Å². The Labute approximate surface area is 162 Å². The first-order valence-electron chi connectivity index (χ1n) is 10.5. The highest BCUT2D eigenvalue weighted by atomic mass is 16.3. The van der Waals surface area contributed by atoms with E-state index >= 15 is 0 Å². The maximum Gasteiger partial charge on any atom is 0.219 e. The van der Waals surface area contributed by atoms with Crippen molar-refractivity contribution in [2.75, 3.05) is 26.7 Å². The molecule has 0 aromatic heterocycles. The van der Waals surface area contributed by atoms with Crippen molar-refractivity contribution in [3.63, 3.8) is 0 Å². The molecule has 4 nitrogen and oxygen atoms in total. The van der Waals surface area contributed by atoms with E-state index in [1.54, 1.807) is 6.92 Å². The Kier molecular flexibility index (Phi) is 5.38. The number of amides is 1. The highest BCUT2D eigenvalue weighted by molar-refractivity contribution is 5.73. The topological polar surface area (TPSA) is 43.8 Å². The lowest BCUT2D eigenvalue weighted by Gasteiger charge is -2.56. The van der Waals surface area contributed by atoms with Crippen molar-refractivity contribution in [2.45, 2.75) is 57.0 Å². The Morgan fingerprint density at radius 1 is 1.22 bits per heavy atom. The van der Waals surface area contributed by atoms with Gasteiger partial charge < -0.3 is 10.0 Å². The summed E-state index contributed by atoms with van der Waals surface area (Å²) in [6.07, 6.45) is 8.61. The molecule has 2 fully saturated rings. The summed E-state index contributed by atoms with van der Waals surface area (Å²) in [4.78, 5) is 16.1. The van der Waals surface area contributed by atoms with Crippen LogP contribution in [0.1, 0.15) is 56.1 Å². The number of carbonyl (C=O) groups excluding carboxylic acids is 1. The van der Waals surface area contributed by atoms with Crippen molar-refractivity contribution in [2.24, 2.45) is 5.92 Å². The van der Waals surface area contributed by atoms with Crippen LogP contribution in [0.4, 0.5) is 0 Å². The average molecular weight is 369 g/mol. The molecule has 146 valence electrons. The van der Waals surface area contributed by atoms with E-state index in [1.807, 2.05) is 11.9 Å². The number of carbonyl (C=O) groups is 1. The maximum absolute atomic E-state index is 11.8. The number of rotatable bonds is 7. The molecular formula is C23H32N2O2. The van der Waals surface area contributed by atoms with Gasteiger partial charge in [0.15, 0.2) is 0 Å². The monoisotopic (exact) mass is 368 g/mol. The van der Waals surface area contributed by atoms with Crippen LogP contribution in [0.5, 0.6) is 0 Å². The minimum Gasteiger partial charge on any atom is -0.395 e. The predicted octanol–water partition coefficient (Wildman–Crippen LogP) is 3.27. The fourth-order valence-corrected chi connectivity index (χ4v) is 4.83. The third-order valence-corrected chi connectivity index (χ3v) is 6.74. The zero-order valence-corrected chi connectivity index (χ0v) is 16.6. The van der Waals surface area contributed by atoms with Crippen LogP contribution in [0.2, 0.25) is 0 Å². The highest BCUT2D eigenvalue weighted by Gasteiger charge is 2.50. The SMILES string of the molecule is CC(=O)N(C)C[C@@H]1[C@@H](c2ccc(C3=CCCC3)cc2)[C@@H](CO)N1CC1CC1. The average Bonchev–Trinajstić information content (AvgIpc) is 3.32. The zero-order valence-electron chi connectivity index (χ0n) is 16.6. The first-order chi connectivity index (χ1) is 13.1. The number of aliphatic hydroxyl groups is 1. The highest BCUT2D eigenvalue weighted by Crippen LogP contribution is 2.44. The number of hydrogen-bond acceptors (Lipinski definition) is 3. The second-order valence-electron chi connectivity index (χ2n) is 8.63. The van der Waals surface area contributed by atoms with Crippen LogP contribution in [-0.4, -0.2) is 59.6 Å². The van der Waals surface area contributed by atoms with Crippen LogP contribution in [0.25, 0.3) is 5.57 Å². The van der Waals surface area contributed by atoms with Gasteiger partial charge in [-0.15, -0.1) is 0 Å². The van der Waals surface area contributed by atoms with E-state index in [2.05, 4.69) is 35.2 Å². The quantitative estimate of drug-likeness (QED) is 0.803. The van der Waals surface area contributed by atoms with Crippen LogP contribution in [0, 0.1) is 5.92 Å². The van der Waals surface area contributed by atoms with Gasteiger partial charge in [-0.25, -0.2) is 0 Å². The number of likely N-dealkylation sites (N-methyl/N-ethyl adjacent to an activating group) is 1. The standard InChI is InChI=1S/C23H32N2O2/c1-16(27)24(2)14-21-23(22(15-26)25(21)13-17-7-8-17)20-11-9-19(10-12-20)18-5-3-4-6-18/h5,9-12,17,21-23,26H,3-4,6-8,13-15H2,1-2H3/t21-,22-,23-/m1/s1. The van der Waals surface area contributed by atoms with E-state index in [-0.39, 0.29) is 18.6 Å². The summed E-state index contributed by atoms with van der Waals surface area (Å²) in [7, 11) is 1.89. The summed E-state index contributed by atoms with van der Waals surface area (Å²) in [5.74, 6) is 1.18. The fourth-order valence-electron chi connectivity index (χ4n) is 4.83. The molecule has 4 rings (SSSR count). The first-order valence-corrected chi connectivity index (χ1v) is 10.5. The molecule has 0 spiro atoms. The van der Waals surface area contributed by atoms with Gasteiger partial charge in [-0.2, -0.15) is 0 Å². The molecule has 0 unspecified atom stereocenters. The number of likely N-dealkylation sites (tertiary alicyclic amines) is 1. The second kappa shape index (κ2) is 7.76. The van der Waals surface area contributed by atoms with Crippen molar-refractivity contribution in [3.8, 4) is 0 Å². The summed E-state index contributed by atoms with van der Waals surface area (Å²) >= 11 is 0. The van der Waals surface area contributed by atoms with Crippen molar-refractivity contribution in [3.05, 3.63) is 41.5 Å². The molecule has 1 saturated heterocycles. The molecule has 0 radical (unpaired) electrons. The van der Waals surface area contributed by atoms with Crippen molar-refractivity contribution in [1.29, 1.82) is 0 Å². The zero-order chi connectivity index (χ0) is 19.0. The van der Waals surface area contributed by atoms with Gasteiger partial charge in [-0.3, -0.25) is 9.69 Å². The molecule has 1 aromatic carbocycles. The summed E-state index contributed by atoms with van der Waals surface area (Å²) in [6, 6.07) is 9.46. The normalized spacial score (nSPS) is 28.0. The lowest BCUT2D eigenvalue weighted by atomic mass is 9.74. The van der Waals surface area contributed by atoms with Gasteiger partial charge in [0, 0.05) is 45.1 Å². The van der Waals surface area contributed by atoms with Gasteiger partial charge in [0.25, 0.3) is 0 Å². The molecule has 1 N–H and O–H groups in total. The van der Waals surface area contributed by atoms with E-state index in [0.717, 1.165) is 19.0 Å². The summed E-state index contributed by atoms with van der Waals surface area (Å²) in [5, 5.41) is 10.1. The molecule has 0 bridgehead atoms. The fraction of sp³-hybridized carbons (Fsp3) is 0.609. The number of benzene rings is 1. The summed E-state index contributed by atoms with van der Waals surface area (Å²) < 4.78 is 0. The molecule has 1 heterocycles. The second-order valence-corrected chi connectivity index (χ2v) is 8.63. The number of nitrogens with zero attached hydrogens (tertiary/aromatic N) is 2. The van der Waals surface area contributed by atoms with E-state index < -0.39 is 0 Å². The van der Waals surface area contributed by atoms with Gasteiger partial charge >= 0.3 is 0 Å². The Balaban J connectivity index is 1.54. The van der Waals surface area contributed by atoms with Crippen molar-refractivity contribution >= 4 is 11.5 Å². The molecule has 4 heteroatoms. The first kappa shape index (κ1) is 18.7. The Morgan fingerprint density at radius 2 is 1.96 bits per heavy atom. The van der Waals surface area contributed by atoms with Crippen LogP contribution < -0.4 is 0 Å². The Hall–Kier alpha value is -1.65. The summed E-state index contributed by atoms with van der Waals surface area (Å²) in [6.45, 7) is 3.61. The molecule has 1 aliphatic heterocycles. The van der Waals surface area contributed by atoms with Crippen LogP contribution in [0.15, 0.2) is 30.3 Å². The largest absolute Gasteiger partial charge is 0.395 e. The number of aliphatic hydroxyl groups excluding tert-OH is 1. The predicted molar refractivity (Wildman–Crippen MR) is 108 cm³/mol. The van der Waals surface area contributed by atoms with Crippen molar-refractivity contribution < 1.29 is 9.90 Å². The molecular weight excluding hydrogens is 336 g/mol. The van der Waals surface area contributed by atoms with E-state index in [9.17, 15) is 9.90 Å². The lowest BCUT2D eigenvalue weighted by Crippen LogP contribution is -2.67. The molecule has 1 aromatic rings. The summed E-state index contributed by atoms with van der Waals surface area (Å²) in [5.41, 5.74) is 4.10.